The quantitative estimate of drug-likeness (QED) is 0.165. The standard InChI is InChI=1S/C53H47BN2O/c1-30-23-31(2)47(32(3)24-30)33-21-22-43-45(25-33)55(36-27-34(52(4,5)6)26-35(28-36)53(7,8)9)50-48-41(29-42-38-16-11-13-20-46(38)57-51(42)50)40-18-14-17-39-37-15-10-12-19-44(37)56(49(39)40)54(43)48/h10-29H,1-9H3. The van der Waals surface area contributed by atoms with E-state index in [2.05, 4.69) is 193 Å². The molecule has 57 heavy (non-hydrogen) atoms. The summed E-state index contributed by atoms with van der Waals surface area (Å²) < 4.78 is 9.77. The minimum atomic E-state index is -0.0710. The fraction of sp³-hybridized carbons (Fsp3) is 0.208. The summed E-state index contributed by atoms with van der Waals surface area (Å²) in [7, 11) is 0. The van der Waals surface area contributed by atoms with Crippen molar-refractivity contribution in [1.82, 2.24) is 4.48 Å². The number of hydrogen-bond acceptors (Lipinski definition) is 2. The Hall–Kier alpha value is -6.00. The Kier molecular flexibility index (Phi) is 6.94. The van der Waals surface area contributed by atoms with Gasteiger partial charge in [0, 0.05) is 49.5 Å². The summed E-state index contributed by atoms with van der Waals surface area (Å²) in [5.41, 5.74) is 22.0. The zero-order chi connectivity index (χ0) is 39.3. The molecule has 0 saturated heterocycles. The summed E-state index contributed by atoms with van der Waals surface area (Å²) in [4.78, 5) is 2.58. The highest BCUT2D eigenvalue weighted by Gasteiger charge is 2.45. The van der Waals surface area contributed by atoms with Crippen molar-refractivity contribution in [3.05, 3.63) is 149 Å². The van der Waals surface area contributed by atoms with E-state index in [4.69, 9.17) is 4.42 Å². The van der Waals surface area contributed by atoms with E-state index in [-0.39, 0.29) is 17.7 Å². The van der Waals surface area contributed by atoms with E-state index in [1.807, 2.05) is 0 Å². The van der Waals surface area contributed by atoms with Crippen LogP contribution in [-0.4, -0.2) is 11.3 Å². The number of rotatable bonds is 2. The number of para-hydroxylation sites is 3. The number of benzene rings is 7. The van der Waals surface area contributed by atoms with Crippen LogP contribution in [0.4, 0.5) is 17.1 Å². The monoisotopic (exact) mass is 738 g/mol. The van der Waals surface area contributed by atoms with Crippen molar-refractivity contribution in [2.24, 2.45) is 0 Å². The summed E-state index contributed by atoms with van der Waals surface area (Å²) in [6, 6.07) is 46.1. The second-order valence-corrected chi connectivity index (χ2v) is 18.8. The Balaban J connectivity index is 1.35. The minimum Gasteiger partial charge on any atom is -0.454 e. The Labute approximate surface area is 335 Å². The van der Waals surface area contributed by atoms with E-state index in [0.717, 1.165) is 33.3 Å². The van der Waals surface area contributed by atoms with Crippen molar-refractivity contribution in [2.75, 3.05) is 4.90 Å². The Morgan fingerprint density at radius 1 is 0.579 bits per heavy atom. The van der Waals surface area contributed by atoms with Crippen LogP contribution >= 0.6 is 0 Å². The molecule has 0 saturated carbocycles. The molecule has 11 rings (SSSR count). The van der Waals surface area contributed by atoms with Crippen LogP contribution < -0.4 is 15.8 Å². The first-order chi connectivity index (χ1) is 27.3. The van der Waals surface area contributed by atoms with Crippen molar-refractivity contribution < 1.29 is 4.42 Å². The fourth-order valence-electron chi connectivity index (χ4n) is 10.3. The van der Waals surface area contributed by atoms with Gasteiger partial charge >= 0.3 is 6.85 Å². The van der Waals surface area contributed by atoms with Gasteiger partial charge in [-0.3, -0.25) is 0 Å². The van der Waals surface area contributed by atoms with E-state index in [9.17, 15) is 0 Å². The van der Waals surface area contributed by atoms with E-state index < -0.39 is 0 Å². The van der Waals surface area contributed by atoms with Gasteiger partial charge in [-0.05, 0) is 118 Å². The normalized spacial score (nSPS) is 13.6. The van der Waals surface area contributed by atoms with Crippen LogP contribution in [0, 0.1) is 20.8 Å². The predicted molar refractivity (Wildman–Crippen MR) is 244 cm³/mol. The number of anilines is 3. The highest BCUT2D eigenvalue weighted by molar-refractivity contribution is 6.90. The smallest absolute Gasteiger partial charge is 0.333 e. The van der Waals surface area contributed by atoms with Gasteiger partial charge < -0.3 is 13.8 Å². The molecule has 3 nitrogen and oxygen atoms in total. The van der Waals surface area contributed by atoms with Gasteiger partial charge in [0.2, 0.25) is 0 Å². The summed E-state index contributed by atoms with van der Waals surface area (Å²) >= 11 is 0. The highest BCUT2D eigenvalue weighted by Crippen LogP contribution is 2.51. The number of aromatic nitrogens is 1. The molecule has 0 fully saturated rings. The summed E-state index contributed by atoms with van der Waals surface area (Å²) in [5, 5.41) is 4.88. The topological polar surface area (TPSA) is 21.3 Å². The average molecular weight is 739 g/mol. The fourth-order valence-corrected chi connectivity index (χ4v) is 10.3. The van der Waals surface area contributed by atoms with E-state index >= 15 is 0 Å². The van der Waals surface area contributed by atoms with Crippen molar-refractivity contribution in [3.8, 4) is 22.3 Å². The molecule has 0 aliphatic carbocycles. The van der Waals surface area contributed by atoms with Gasteiger partial charge in [-0.2, -0.15) is 0 Å². The van der Waals surface area contributed by atoms with Gasteiger partial charge in [-0.25, -0.2) is 0 Å². The number of furan rings is 1. The zero-order valence-corrected chi connectivity index (χ0v) is 34.4. The second kappa shape index (κ2) is 11.5. The van der Waals surface area contributed by atoms with E-state index in [1.54, 1.807) is 0 Å². The van der Waals surface area contributed by atoms with Crippen molar-refractivity contribution >= 4 is 78.6 Å². The lowest BCUT2D eigenvalue weighted by Crippen LogP contribution is -2.56. The molecule has 0 radical (unpaired) electrons. The van der Waals surface area contributed by atoms with Crippen molar-refractivity contribution in [3.63, 3.8) is 0 Å². The molecule has 278 valence electrons. The number of nitrogens with zero attached hydrogens (tertiary/aromatic N) is 2. The Morgan fingerprint density at radius 2 is 1.25 bits per heavy atom. The number of fused-ring (bicyclic) bond motifs is 11. The van der Waals surface area contributed by atoms with Gasteiger partial charge in [0.05, 0.1) is 5.69 Å². The van der Waals surface area contributed by atoms with Crippen LogP contribution in [0.25, 0.3) is 66.0 Å². The van der Waals surface area contributed by atoms with Crippen LogP contribution in [0.15, 0.2) is 126 Å². The summed E-state index contributed by atoms with van der Waals surface area (Å²) in [5.74, 6) is 0. The molecule has 0 N–H and O–H groups in total. The molecule has 2 aromatic heterocycles. The minimum absolute atomic E-state index is 0.0610. The third kappa shape index (κ3) is 4.80. The molecule has 2 aliphatic heterocycles. The van der Waals surface area contributed by atoms with Crippen LogP contribution in [0.3, 0.4) is 0 Å². The first kappa shape index (κ1) is 34.3. The lowest BCUT2D eigenvalue weighted by molar-refractivity contribution is 0.569. The molecule has 0 spiro atoms. The van der Waals surface area contributed by atoms with Crippen molar-refractivity contribution in [2.45, 2.75) is 73.1 Å². The van der Waals surface area contributed by atoms with Gasteiger partial charge in [0.1, 0.15) is 5.58 Å². The maximum Gasteiger partial charge on any atom is 0.333 e. The molecular formula is C53H47BN2O. The average Bonchev–Trinajstić information content (AvgIpc) is 3.71. The first-order valence-electron chi connectivity index (χ1n) is 20.5. The van der Waals surface area contributed by atoms with Crippen LogP contribution in [0.5, 0.6) is 0 Å². The van der Waals surface area contributed by atoms with E-state index in [0.29, 0.717) is 0 Å². The van der Waals surface area contributed by atoms with Crippen LogP contribution in [-0.2, 0) is 10.8 Å². The molecule has 7 aromatic carbocycles. The lowest BCUT2D eigenvalue weighted by atomic mass is 9.45. The molecule has 4 heteroatoms. The maximum absolute atomic E-state index is 7.13. The highest BCUT2D eigenvalue weighted by atomic mass is 16.3. The molecule has 9 aromatic rings. The summed E-state index contributed by atoms with van der Waals surface area (Å²) in [6.07, 6.45) is 0. The number of aryl methyl sites for hydroxylation is 3. The molecule has 0 amide bonds. The third-order valence-electron chi connectivity index (χ3n) is 12.9. The second-order valence-electron chi connectivity index (χ2n) is 18.8. The molecular weight excluding hydrogens is 691 g/mol. The summed E-state index contributed by atoms with van der Waals surface area (Å²) in [6.45, 7) is 20.7. The molecule has 0 bridgehead atoms. The van der Waals surface area contributed by atoms with Gasteiger partial charge in [-0.15, -0.1) is 0 Å². The van der Waals surface area contributed by atoms with Gasteiger partial charge in [0.15, 0.2) is 5.58 Å². The van der Waals surface area contributed by atoms with E-state index in [1.165, 1.54) is 88.5 Å². The lowest BCUT2D eigenvalue weighted by Gasteiger charge is -2.41. The largest absolute Gasteiger partial charge is 0.454 e. The molecule has 4 heterocycles. The molecule has 2 aliphatic rings. The predicted octanol–water partition coefficient (Wildman–Crippen LogP) is 13.3. The maximum atomic E-state index is 7.13. The Bertz CT molecular complexity index is 3140. The van der Waals surface area contributed by atoms with Crippen LogP contribution in [0.1, 0.15) is 69.4 Å². The van der Waals surface area contributed by atoms with Gasteiger partial charge in [-0.1, -0.05) is 132 Å². The van der Waals surface area contributed by atoms with Crippen molar-refractivity contribution in [1.29, 1.82) is 0 Å². The Morgan fingerprint density at radius 3 is 1.96 bits per heavy atom. The SMILES string of the molecule is Cc1cc(C)c(-c2ccc3c(c2)N(c2cc(C(C)(C)C)cc(C(C)(C)C)c2)c2c4c(cc5c2oc2ccccc25)-c2cccc5c6ccccc6n(c25)B34)c(C)c1. The number of hydrogen-bond donors (Lipinski definition) is 0. The third-order valence-corrected chi connectivity index (χ3v) is 12.9. The molecule has 0 unspecified atom stereocenters. The first-order valence-corrected chi connectivity index (χ1v) is 20.5. The molecule has 0 atom stereocenters. The zero-order valence-electron chi connectivity index (χ0n) is 34.4. The van der Waals surface area contributed by atoms with Gasteiger partial charge in [0.25, 0.3) is 0 Å². The van der Waals surface area contributed by atoms with Crippen LogP contribution in [0.2, 0.25) is 0 Å².